The van der Waals surface area contributed by atoms with Crippen LogP contribution < -0.4 is 4.74 Å². The summed E-state index contributed by atoms with van der Waals surface area (Å²) in [6, 6.07) is 7.68. The third kappa shape index (κ3) is 2.24. The summed E-state index contributed by atoms with van der Waals surface area (Å²) in [7, 11) is 1.65. The van der Waals surface area contributed by atoms with E-state index in [1.807, 2.05) is 24.3 Å². The van der Waals surface area contributed by atoms with Crippen LogP contribution in [0.2, 0.25) is 0 Å². The number of benzene rings is 1. The van der Waals surface area contributed by atoms with Gasteiger partial charge in [0.25, 0.3) is 0 Å². The van der Waals surface area contributed by atoms with Crippen molar-refractivity contribution in [3.8, 4) is 17.6 Å². The van der Waals surface area contributed by atoms with Gasteiger partial charge in [0.1, 0.15) is 11.9 Å². The van der Waals surface area contributed by atoms with Crippen molar-refractivity contribution in [1.29, 1.82) is 0 Å². The monoisotopic (exact) mass is 174 g/mol. The smallest absolute Gasteiger partial charge is 0.142 e. The van der Waals surface area contributed by atoms with Crippen molar-refractivity contribution in [3.05, 3.63) is 29.8 Å². The lowest BCUT2D eigenvalue weighted by Crippen LogP contribution is -1.82. The molecular weight excluding hydrogens is 164 g/mol. The first-order valence-corrected chi connectivity index (χ1v) is 4.16. The summed E-state index contributed by atoms with van der Waals surface area (Å²) in [4.78, 5) is 0. The fourth-order valence-electron chi connectivity index (χ4n) is 0.970. The highest BCUT2D eigenvalue weighted by Crippen LogP contribution is 2.11. The normalized spacial score (nSPS) is 18.7. The molecule has 0 spiro atoms. The molecule has 13 heavy (non-hydrogen) atoms. The maximum Gasteiger partial charge on any atom is 0.142 e. The highest BCUT2D eigenvalue weighted by atomic mass is 16.6. The molecule has 1 aliphatic rings. The Morgan fingerprint density at radius 3 is 2.62 bits per heavy atom. The molecule has 2 heteroatoms. The molecule has 1 aromatic rings. The molecule has 66 valence electrons. The topological polar surface area (TPSA) is 21.8 Å². The molecule has 0 bridgehead atoms. The molecule has 2 nitrogen and oxygen atoms in total. The van der Waals surface area contributed by atoms with Gasteiger partial charge in [0.05, 0.1) is 13.7 Å². The largest absolute Gasteiger partial charge is 0.497 e. The highest BCUT2D eigenvalue weighted by molar-refractivity contribution is 5.39. The van der Waals surface area contributed by atoms with Gasteiger partial charge in [0, 0.05) is 5.56 Å². The summed E-state index contributed by atoms with van der Waals surface area (Å²) >= 11 is 0. The first kappa shape index (κ1) is 8.15. The average Bonchev–Trinajstić information content (AvgIpc) is 2.99. The van der Waals surface area contributed by atoms with E-state index in [4.69, 9.17) is 9.47 Å². The van der Waals surface area contributed by atoms with Crippen LogP contribution in [-0.2, 0) is 4.74 Å². The molecule has 1 aliphatic heterocycles. The molecule has 1 fully saturated rings. The van der Waals surface area contributed by atoms with Crippen LogP contribution >= 0.6 is 0 Å². The lowest BCUT2D eigenvalue weighted by molar-refractivity contribution is 0.415. The third-order valence-electron chi connectivity index (χ3n) is 1.80. The van der Waals surface area contributed by atoms with Gasteiger partial charge in [0.2, 0.25) is 0 Å². The Morgan fingerprint density at radius 1 is 1.38 bits per heavy atom. The molecule has 0 saturated carbocycles. The SMILES string of the molecule is COc1ccc(C#CC2CO2)cc1. The second kappa shape index (κ2) is 3.51. The Bertz CT molecular complexity index is 339. The molecule has 1 heterocycles. The van der Waals surface area contributed by atoms with Gasteiger partial charge in [-0.2, -0.15) is 0 Å². The Hall–Kier alpha value is -1.46. The maximum atomic E-state index is 5.03. The van der Waals surface area contributed by atoms with E-state index in [0.29, 0.717) is 0 Å². The van der Waals surface area contributed by atoms with Crippen LogP contribution in [0.5, 0.6) is 5.75 Å². The second-order valence-electron chi connectivity index (χ2n) is 2.82. The quantitative estimate of drug-likeness (QED) is 0.474. The minimum Gasteiger partial charge on any atom is -0.497 e. The summed E-state index contributed by atoms with van der Waals surface area (Å²) in [5.74, 6) is 6.88. The van der Waals surface area contributed by atoms with Gasteiger partial charge in [-0.05, 0) is 24.3 Å². The van der Waals surface area contributed by atoms with Gasteiger partial charge in [-0.25, -0.2) is 0 Å². The Kier molecular flexibility index (Phi) is 2.20. The highest BCUT2D eigenvalue weighted by Gasteiger charge is 2.18. The van der Waals surface area contributed by atoms with Crippen molar-refractivity contribution < 1.29 is 9.47 Å². The molecule has 1 aromatic carbocycles. The zero-order valence-corrected chi connectivity index (χ0v) is 7.41. The van der Waals surface area contributed by atoms with Gasteiger partial charge in [-0.15, -0.1) is 0 Å². The van der Waals surface area contributed by atoms with Crippen molar-refractivity contribution in [1.82, 2.24) is 0 Å². The van der Waals surface area contributed by atoms with Gasteiger partial charge in [0.15, 0.2) is 0 Å². The zero-order valence-electron chi connectivity index (χ0n) is 7.41. The summed E-state index contributed by atoms with van der Waals surface area (Å²) in [6.45, 7) is 0.781. The molecular formula is C11H10O2. The molecule has 1 saturated heterocycles. The number of rotatable bonds is 1. The fraction of sp³-hybridized carbons (Fsp3) is 0.273. The number of hydrogen-bond acceptors (Lipinski definition) is 2. The molecule has 0 aromatic heterocycles. The average molecular weight is 174 g/mol. The van der Waals surface area contributed by atoms with Gasteiger partial charge >= 0.3 is 0 Å². The minimum absolute atomic E-state index is 0.169. The van der Waals surface area contributed by atoms with E-state index in [-0.39, 0.29) is 6.10 Å². The molecule has 0 radical (unpaired) electrons. The minimum atomic E-state index is 0.169. The van der Waals surface area contributed by atoms with E-state index >= 15 is 0 Å². The first-order valence-electron chi connectivity index (χ1n) is 4.16. The van der Waals surface area contributed by atoms with Crippen LogP contribution in [0, 0.1) is 11.8 Å². The van der Waals surface area contributed by atoms with Crippen LogP contribution in [0.3, 0.4) is 0 Å². The first-order chi connectivity index (χ1) is 6.38. The molecule has 1 unspecified atom stereocenters. The second-order valence-corrected chi connectivity index (χ2v) is 2.82. The summed E-state index contributed by atoms with van der Waals surface area (Å²) in [5, 5.41) is 0. The Labute approximate surface area is 77.5 Å². The summed E-state index contributed by atoms with van der Waals surface area (Å²) in [5.41, 5.74) is 0.997. The fourth-order valence-corrected chi connectivity index (χ4v) is 0.970. The van der Waals surface area contributed by atoms with E-state index in [0.717, 1.165) is 17.9 Å². The van der Waals surface area contributed by atoms with Crippen LogP contribution in [-0.4, -0.2) is 19.8 Å². The molecule has 0 aliphatic carbocycles. The van der Waals surface area contributed by atoms with Crippen molar-refractivity contribution in [2.45, 2.75) is 6.10 Å². The number of hydrogen-bond donors (Lipinski definition) is 0. The van der Waals surface area contributed by atoms with E-state index in [2.05, 4.69) is 11.8 Å². The lowest BCUT2D eigenvalue weighted by atomic mass is 10.2. The lowest BCUT2D eigenvalue weighted by Gasteiger charge is -1.97. The van der Waals surface area contributed by atoms with Crippen molar-refractivity contribution in [2.75, 3.05) is 13.7 Å². The van der Waals surface area contributed by atoms with Crippen molar-refractivity contribution in [3.63, 3.8) is 0 Å². The summed E-state index contributed by atoms with van der Waals surface area (Å²) < 4.78 is 10.0. The zero-order chi connectivity index (χ0) is 9.10. The predicted octanol–water partition coefficient (Wildman–Crippen LogP) is 1.45. The standard InChI is InChI=1S/C11H10O2/c1-12-10-5-2-9(3-6-10)4-7-11-8-13-11/h2-3,5-6,11H,8H2,1H3. The molecule has 0 N–H and O–H groups in total. The number of epoxide rings is 1. The van der Waals surface area contributed by atoms with Crippen LogP contribution in [0.4, 0.5) is 0 Å². The van der Waals surface area contributed by atoms with Crippen molar-refractivity contribution in [2.24, 2.45) is 0 Å². The molecule has 1 atom stereocenters. The Balaban J connectivity index is 2.09. The van der Waals surface area contributed by atoms with Gasteiger partial charge in [-0.1, -0.05) is 11.8 Å². The van der Waals surface area contributed by atoms with E-state index in [1.54, 1.807) is 7.11 Å². The predicted molar refractivity (Wildman–Crippen MR) is 49.6 cm³/mol. The van der Waals surface area contributed by atoms with E-state index < -0.39 is 0 Å². The van der Waals surface area contributed by atoms with Crippen LogP contribution in [0.15, 0.2) is 24.3 Å². The molecule has 0 amide bonds. The number of methoxy groups -OCH3 is 1. The van der Waals surface area contributed by atoms with Gasteiger partial charge in [-0.3, -0.25) is 0 Å². The molecule has 2 rings (SSSR count). The number of ether oxygens (including phenoxy) is 2. The van der Waals surface area contributed by atoms with Crippen LogP contribution in [0.25, 0.3) is 0 Å². The van der Waals surface area contributed by atoms with E-state index in [1.165, 1.54) is 0 Å². The maximum absolute atomic E-state index is 5.03. The van der Waals surface area contributed by atoms with E-state index in [9.17, 15) is 0 Å². The van der Waals surface area contributed by atoms with Crippen LogP contribution in [0.1, 0.15) is 5.56 Å². The Morgan fingerprint density at radius 2 is 2.08 bits per heavy atom. The van der Waals surface area contributed by atoms with Gasteiger partial charge < -0.3 is 9.47 Å². The van der Waals surface area contributed by atoms with Crippen molar-refractivity contribution >= 4 is 0 Å². The third-order valence-corrected chi connectivity index (χ3v) is 1.80. The summed E-state index contributed by atoms with van der Waals surface area (Å²) in [6.07, 6.45) is 0.169.